The zero-order valence-corrected chi connectivity index (χ0v) is 13.2. The van der Waals surface area contributed by atoms with Gasteiger partial charge in [0.05, 0.1) is 6.20 Å². The van der Waals surface area contributed by atoms with Crippen molar-refractivity contribution in [1.29, 1.82) is 0 Å². The van der Waals surface area contributed by atoms with Gasteiger partial charge in [-0.2, -0.15) is 5.10 Å². The van der Waals surface area contributed by atoms with E-state index in [0.717, 1.165) is 45.4 Å². The van der Waals surface area contributed by atoms with E-state index in [1.54, 1.807) is 0 Å². The molecule has 5 nitrogen and oxygen atoms in total. The number of rotatable bonds is 2. The molecular weight excluding hydrogens is 288 g/mol. The first kappa shape index (κ1) is 14.3. The quantitative estimate of drug-likeness (QED) is 0.921. The Hall–Kier alpha value is -2.30. The van der Waals surface area contributed by atoms with Crippen LogP contribution in [-0.2, 0) is 17.6 Å². The second-order valence-corrected chi connectivity index (χ2v) is 6.46. The Bertz CT molecular complexity index is 673. The molecule has 23 heavy (non-hydrogen) atoms. The maximum Gasteiger partial charge on any atom is 0.226 e. The molecule has 1 saturated heterocycles. The third-order valence-electron chi connectivity index (χ3n) is 5.08. The molecule has 0 saturated carbocycles. The monoisotopic (exact) mass is 310 g/mol. The van der Waals surface area contributed by atoms with Crippen molar-refractivity contribution >= 4 is 11.6 Å². The van der Waals surface area contributed by atoms with Crippen molar-refractivity contribution in [2.24, 2.45) is 5.92 Å². The van der Waals surface area contributed by atoms with Crippen molar-refractivity contribution in [2.75, 3.05) is 31.1 Å². The van der Waals surface area contributed by atoms with Crippen LogP contribution in [0.3, 0.4) is 0 Å². The van der Waals surface area contributed by atoms with Crippen molar-refractivity contribution in [3.05, 3.63) is 47.8 Å². The number of hydrogen-bond acceptors (Lipinski definition) is 3. The van der Waals surface area contributed by atoms with E-state index in [-0.39, 0.29) is 5.92 Å². The topological polar surface area (TPSA) is 52.2 Å². The minimum atomic E-state index is 0.128. The summed E-state index contributed by atoms with van der Waals surface area (Å²) in [7, 11) is 0. The normalized spacial score (nSPS) is 21.1. The molecular formula is C18H22N4O. The highest BCUT2D eigenvalue weighted by atomic mass is 16.2. The Labute approximate surface area is 136 Å². The first-order valence-corrected chi connectivity index (χ1v) is 8.41. The molecule has 5 heteroatoms. The van der Waals surface area contributed by atoms with Crippen LogP contribution >= 0.6 is 0 Å². The number of amides is 1. The zero-order chi connectivity index (χ0) is 15.6. The number of fused-ring (bicyclic) bond motifs is 1. The SMILES string of the molecule is O=C([C@H]1CCc2[nH]ncc2C1)N1CCN(c2ccccc2)CC1. The van der Waals surface area contributed by atoms with E-state index >= 15 is 0 Å². The van der Waals surface area contributed by atoms with Crippen molar-refractivity contribution in [3.8, 4) is 0 Å². The lowest BCUT2D eigenvalue weighted by molar-refractivity contribution is -0.136. The molecule has 1 N–H and O–H groups in total. The molecule has 1 aromatic heterocycles. The summed E-state index contributed by atoms with van der Waals surface area (Å²) in [5.74, 6) is 0.452. The molecule has 1 aromatic carbocycles. The molecule has 2 aromatic rings. The molecule has 0 bridgehead atoms. The van der Waals surface area contributed by atoms with Crippen LogP contribution in [0.5, 0.6) is 0 Å². The fourth-order valence-electron chi connectivity index (χ4n) is 3.71. The number of aryl methyl sites for hydroxylation is 1. The van der Waals surface area contributed by atoms with Gasteiger partial charge in [-0.15, -0.1) is 0 Å². The average molecular weight is 310 g/mol. The van der Waals surface area contributed by atoms with E-state index in [1.165, 1.54) is 16.9 Å². The summed E-state index contributed by atoms with van der Waals surface area (Å²) in [6.45, 7) is 3.48. The summed E-state index contributed by atoms with van der Waals surface area (Å²) in [6.07, 6.45) is 4.59. The lowest BCUT2D eigenvalue weighted by Gasteiger charge is -2.38. The van der Waals surface area contributed by atoms with Gasteiger partial charge in [-0.1, -0.05) is 18.2 Å². The van der Waals surface area contributed by atoms with Crippen LogP contribution in [-0.4, -0.2) is 47.2 Å². The van der Waals surface area contributed by atoms with E-state index in [2.05, 4.69) is 44.3 Å². The van der Waals surface area contributed by atoms with Gasteiger partial charge in [0.25, 0.3) is 0 Å². The van der Waals surface area contributed by atoms with Crippen LogP contribution in [0.25, 0.3) is 0 Å². The molecule has 0 spiro atoms. The molecule has 2 aliphatic rings. The largest absolute Gasteiger partial charge is 0.368 e. The van der Waals surface area contributed by atoms with Crippen molar-refractivity contribution in [3.63, 3.8) is 0 Å². The minimum Gasteiger partial charge on any atom is -0.368 e. The number of aromatic nitrogens is 2. The molecule has 0 unspecified atom stereocenters. The number of aromatic amines is 1. The number of para-hydroxylation sites is 1. The number of piperazine rings is 1. The molecule has 2 heterocycles. The molecule has 1 amide bonds. The molecule has 0 radical (unpaired) electrons. The Morgan fingerprint density at radius 1 is 1.13 bits per heavy atom. The van der Waals surface area contributed by atoms with E-state index in [0.29, 0.717) is 5.91 Å². The van der Waals surface area contributed by atoms with E-state index < -0.39 is 0 Å². The van der Waals surface area contributed by atoms with Crippen LogP contribution in [0.2, 0.25) is 0 Å². The molecule has 1 atom stereocenters. The average Bonchev–Trinajstić information content (AvgIpc) is 3.10. The van der Waals surface area contributed by atoms with Crippen LogP contribution in [0.4, 0.5) is 5.69 Å². The summed E-state index contributed by atoms with van der Waals surface area (Å²) in [6, 6.07) is 10.4. The van der Waals surface area contributed by atoms with Crippen LogP contribution in [0, 0.1) is 5.92 Å². The smallest absolute Gasteiger partial charge is 0.226 e. The summed E-state index contributed by atoms with van der Waals surface area (Å²) >= 11 is 0. The van der Waals surface area contributed by atoms with Crippen molar-refractivity contribution in [1.82, 2.24) is 15.1 Å². The first-order valence-electron chi connectivity index (χ1n) is 8.41. The number of benzene rings is 1. The number of nitrogens with one attached hydrogen (secondary N) is 1. The number of carbonyl (C=O) groups is 1. The number of nitrogens with zero attached hydrogens (tertiary/aromatic N) is 3. The van der Waals surface area contributed by atoms with Gasteiger partial charge in [-0.25, -0.2) is 0 Å². The lowest BCUT2D eigenvalue weighted by atomic mass is 9.87. The third-order valence-corrected chi connectivity index (χ3v) is 5.08. The second-order valence-electron chi connectivity index (χ2n) is 6.46. The minimum absolute atomic E-state index is 0.128. The summed E-state index contributed by atoms with van der Waals surface area (Å²) < 4.78 is 0. The Morgan fingerprint density at radius 2 is 1.91 bits per heavy atom. The van der Waals surface area contributed by atoms with Gasteiger partial charge < -0.3 is 9.80 Å². The van der Waals surface area contributed by atoms with Crippen molar-refractivity contribution in [2.45, 2.75) is 19.3 Å². The predicted molar refractivity (Wildman–Crippen MR) is 89.3 cm³/mol. The molecule has 1 aliphatic heterocycles. The van der Waals surface area contributed by atoms with Gasteiger partial charge in [-0.3, -0.25) is 9.89 Å². The van der Waals surface area contributed by atoms with Crippen LogP contribution < -0.4 is 4.90 Å². The Morgan fingerprint density at radius 3 is 2.70 bits per heavy atom. The number of H-pyrrole nitrogens is 1. The van der Waals surface area contributed by atoms with Gasteiger partial charge in [0, 0.05) is 43.5 Å². The molecule has 120 valence electrons. The fraction of sp³-hybridized carbons (Fsp3) is 0.444. The van der Waals surface area contributed by atoms with Crippen LogP contribution in [0.1, 0.15) is 17.7 Å². The zero-order valence-electron chi connectivity index (χ0n) is 13.2. The number of carbonyl (C=O) groups excluding carboxylic acids is 1. The first-order chi connectivity index (χ1) is 11.3. The van der Waals surface area contributed by atoms with Gasteiger partial charge in [0.1, 0.15) is 0 Å². The fourth-order valence-corrected chi connectivity index (χ4v) is 3.71. The maximum absolute atomic E-state index is 12.8. The van der Waals surface area contributed by atoms with E-state index in [4.69, 9.17) is 0 Å². The van der Waals surface area contributed by atoms with Gasteiger partial charge in [0.2, 0.25) is 5.91 Å². The molecule has 4 rings (SSSR count). The highest BCUT2D eigenvalue weighted by Gasteiger charge is 2.30. The molecule has 1 fully saturated rings. The maximum atomic E-state index is 12.8. The van der Waals surface area contributed by atoms with Crippen molar-refractivity contribution < 1.29 is 4.79 Å². The standard InChI is InChI=1S/C18H22N4O/c23-18(14-6-7-17-15(12-14)13-19-20-17)22-10-8-21(9-11-22)16-4-2-1-3-5-16/h1-5,13-14H,6-12H2,(H,19,20)/t14-/m0/s1. The highest BCUT2D eigenvalue weighted by Crippen LogP contribution is 2.26. The van der Waals surface area contributed by atoms with E-state index in [9.17, 15) is 4.79 Å². The predicted octanol–water partition coefficient (Wildman–Crippen LogP) is 1.86. The number of hydrogen-bond donors (Lipinski definition) is 1. The second kappa shape index (κ2) is 6.07. The number of anilines is 1. The lowest BCUT2D eigenvalue weighted by Crippen LogP contribution is -2.51. The van der Waals surface area contributed by atoms with Crippen LogP contribution in [0.15, 0.2) is 36.5 Å². The van der Waals surface area contributed by atoms with Gasteiger partial charge >= 0.3 is 0 Å². The highest BCUT2D eigenvalue weighted by molar-refractivity contribution is 5.79. The van der Waals surface area contributed by atoms with Gasteiger partial charge in [0.15, 0.2) is 0 Å². The summed E-state index contributed by atoms with van der Waals surface area (Å²) in [4.78, 5) is 17.2. The van der Waals surface area contributed by atoms with Gasteiger partial charge in [-0.05, 0) is 37.0 Å². The van der Waals surface area contributed by atoms with E-state index in [1.807, 2.05) is 12.3 Å². The Balaban J connectivity index is 1.36. The summed E-state index contributed by atoms with van der Waals surface area (Å²) in [5.41, 5.74) is 3.68. The third kappa shape index (κ3) is 2.83. The summed E-state index contributed by atoms with van der Waals surface area (Å²) in [5, 5.41) is 7.14. The Kier molecular flexibility index (Phi) is 3.77. The molecule has 1 aliphatic carbocycles.